The summed E-state index contributed by atoms with van der Waals surface area (Å²) in [7, 11) is 0. The van der Waals surface area contributed by atoms with Gasteiger partial charge in [-0.05, 0) is 22.3 Å². The van der Waals surface area contributed by atoms with Gasteiger partial charge in [0.2, 0.25) is 5.91 Å². The number of carboxylic acids is 2. The number of amides is 6. The molecule has 75 heavy (non-hydrogen) atoms. The Bertz CT molecular complexity index is 2530. The Morgan fingerprint density at radius 2 is 0.813 bits per heavy atom. The first kappa shape index (κ1) is 60.0. The predicted octanol–water partition coefficient (Wildman–Crippen LogP) is 4.29. The Hall–Kier alpha value is -9.28. The third kappa shape index (κ3) is 27.2. The van der Waals surface area contributed by atoms with Crippen LogP contribution in [0.1, 0.15) is 73.6 Å². The minimum Gasteiger partial charge on any atom is -0.481 e. The number of nitrogens with one attached hydrogen (secondary N) is 4. The number of carbonyl (C=O) groups is 12. The number of Topliss-reactive ketones (excluding diaryl/α,β-unsaturated/α-hetero) is 3. The van der Waals surface area contributed by atoms with Crippen LogP contribution < -0.4 is 21.3 Å². The highest BCUT2D eigenvalue weighted by molar-refractivity contribution is 6.01. The summed E-state index contributed by atoms with van der Waals surface area (Å²) < 4.78 is 14.8. The maximum atomic E-state index is 12.0. The van der Waals surface area contributed by atoms with Gasteiger partial charge in [0.05, 0.1) is 32.5 Å². The molecule has 1 atom stereocenters. The molecule has 1 aliphatic heterocycles. The molecule has 4 aromatic carbocycles. The zero-order valence-electron chi connectivity index (χ0n) is 40.6. The minimum absolute atomic E-state index is 0.0000564. The van der Waals surface area contributed by atoms with Crippen LogP contribution in [0.5, 0.6) is 0 Å². The van der Waals surface area contributed by atoms with E-state index in [2.05, 4.69) is 26.1 Å². The van der Waals surface area contributed by atoms with Crippen LogP contribution in [0.25, 0.3) is 0 Å². The molecule has 6 amide bonds. The van der Waals surface area contributed by atoms with E-state index in [0.717, 1.165) is 22.3 Å². The summed E-state index contributed by atoms with van der Waals surface area (Å²) in [5.41, 5.74) is 3.25. The molecule has 0 bridgehead atoms. The number of rotatable bonds is 26. The first-order chi connectivity index (χ1) is 36.0. The number of hydroxylamine groups is 2. The van der Waals surface area contributed by atoms with Gasteiger partial charge in [-0.1, -0.05) is 121 Å². The summed E-state index contributed by atoms with van der Waals surface area (Å²) in [6, 6.07) is 35.1. The van der Waals surface area contributed by atoms with Crippen molar-refractivity contribution in [3.63, 3.8) is 0 Å². The second-order valence-electron chi connectivity index (χ2n) is 15.9. The van der Waals surface area contributed by atoms with E-state index in [-0.39, 0.29) is 109 Å². The van der Waals surface area contributed by atoms with Crippen molar-refractivity contribution >= 4 is 71.3 Å². The monoisotopic (exact) mass is 1040 g/mol. The quantitative estimate of drug-likeness (QED) is 0.0377. The number of benzene rings is 4. The molecular formula is C52H57N5O18. The number of carbonyl (C=O) groups excluding carboxylic acids is 10. The molecule has 1 heterocycles. The largest absolute Gasteiger partial charge is 0.481 e. The van der Waals surface area contributed by atoms with Crippen LogP contribution in [-0.2, 0) is 88.4 Å². The Morgan fingerprint density at radius 1 is 0.467 bits per heavy atom. The molecule has 398 valence electrons. The van der Waals surface area contributed by atoms with E-state index in [1.807, 2.05) is 72.8 Å². The van der Waals surface area contributed by atoms with Crippen molar-refractivity contribution in [1.29, 1.82) is 0 Å². The predicted molar refractivity (Wildman–Crippen MR) is 261 cm³/mol. The standard InChI is InChI=1S/C22H24N2O6.C17H18N2O7.C13H15NO5/c25-18(14-23-22(29)30-15-17-9-5-2-6-10-17)11-12-20(26)24-19(21(27)28)13-16-7-3-1-4-8-16;20-13(6-9-16(23)26-19-14(21)7-8-15(19)22)10-18-17(24)25-11-12-4-2-1-3-5-12;15-11(6-7-12(16)17)8-14-13(18)19-9-10-4-2-1-3-5-10/h1-10,19H,11-15H2,(H,23,29)(H,24,26)(H,27,28);1-5H,6-11H2,(H,18,24);1-5H,6-9H2,(H,14,18)(H,16,17)/t19-;;/m0../s1. The highest BCUT2D eigenvalue weighted by Gasteiger charge is 2.33. The molecule has 0 saturated carbocycles. The van der Waals surface area contributed by atoms with E-state index < -0.39 is 65.7 Å². The first-order valence-electron chi connectivity index (χ1n) is 23.2. The number of imide groups is 1. The smallest absolute Gasteiger partial charge is 0.407 e. The van der Waals surface area contributed by atoms with Crippen molar-refractivity contribution in [3.8, 4) is 0 Å². The summed E-state index contributed by atoms with van der Waals surface area (Å²) in [4.78, 5) is 142. The van der Waals surface area contributed by atoms with E-state index in [1.54, 1.807) is 48.5 Å². The van der Waals surface area contributed by atoms with Gasteiger partial charge in [0.15, 0.2) is 17.3 Å². The summed E-state index contributed by atoms with van der Waals surface area (Å²) in [6.07, 6.45) is -3.18. The van der Waals surface area contributed by atoms with Gasteiger partial charge in [0.25, 0.3) is 11.8 Å². The molecule has 0 spiro atoms. The lowest BCUT2D eigenvalue weighted by Gasteiger charge is -2.14. The van der Waals surface area contributed by atoms with Crippen molar-refractivity contribution < 1.29 is 86.8 Å². The third-order valence-electron chi connectivity index (χ3n) is 9.90. The average molecular weight is 1040 g/mol. The van der Waals surface area contributed by atoms with Crippen LogP contribution in [0.4, 0.5) is 14.4 Å². The van der Waals surface area contributed by atoms with Crippen LogP contribution in [0.2, 0.25) is 0 Å². The molecule has 0 radical (unpaired) electrons. The fourth-order valence-electron chi connectivity index (χ4n) is 5.96. The molecule has 4 aromatic rings. The Morgan fingerprint density at radius 3 is 1.17 bits per heavy atom. The van der Waals surface area contributed by atoms with Crippen molar-refractivity contribution in [3.05, 3.63) is 144 Å². The minimum atomic E-state index is -1.15. The lowest BCUT2D eigenvalue weighted by molar-refractivity contribution is -0.197. The number of nitrogens with zero attached hydrogens (tertiary/aromatic N) is 1. The SMILES string of the molecule is O=C(CCC(=O)N[C@@H](Cc1ccccc1)C(=O)O)CNC(=O)OCc1ccccc1.O=C(CCC(=O)ON1C(=O)CCC1=O)CNC(=O)OCc1ccccc1.O=C(O)CCC(=O)CNC(=O)OCc1ccccc1. The number of ether oxygens (including phenoxy) is 3. The first-order valence-corrected chi connectivity index (χ1v) is 23.2. The summed E-state index contributed by atoms with van der Waals surface area (Å²) in [6.45, 7) is -0.515. The Labute approximate surface area is 430 Å². The van der Waals surface area contributed by atoms with E-state index in [1.165, 1.54) is 0 Å². The number of aliphatic carboxylic acids is 2. The van der Waals surface area contributed by atoms with Crippen LogP contribution in [0.15, 0.2) is 121 Å². The van der Waals surface area contributed by atoms with E-state index in [4.69, 9.17) is 19.3 Å². The highest BCUT2D eigenvalue weighted by Crippen LogP contribution is 2.13. The second kappa shape index (κ2) is 34.2. The van der Waals surface area contributed by atoms with Gasteiger partial charge in [0, 0.05) is 44.9 Å². The van der Waals surface area contributed by atoms with E-state index >= 15 is 0 Å². The van der Waals surface area contributed by atoms with Crippen LogP contribution in [0, 0.1) is 0 Å². The molecule has 6 N–H and O–H groups in total. The summed E-state index contributed by atoms with van der Waals surface area (Å²) in [5.74, 6) is -5.91. The summed E-state index contributed by atoms with van der Waals surface area (Å²) >= 11 is 0. The zero-order chi connectivity index (χ0) is 54.8. The molecule has 0 aliphatic carbocycles. The van der Waals surface area contributed by atoms with Gasteiger partial charge in [-0.25, -0.2) is 24.0 Å². The van der Waals surface area contributed by atoms with Crippen molar-refractivity contribution in [2.75, 3.05) is 19.6 Å². The fraction of sp³-hybridized carbons (Fsp3) is 0.308. The lowest BCUT2D eigenvalue weighted by Crippen LogP contribution is -2.42. The molecule has 1 fully saturated rings. The number of hydrogen-bond acceptors (Lipinski definition) is 16. The van der Waals surface area contributed by atoms with Crippen LogP contribution in [0.3, 0.4) is 0 Å². The number of hydrogen-bond donors (Lipinski definition) is 6. The van der Waals surface area contributed by atoms with Gasteiger partial charge in [-0.3, -0.25) is 33.6 Å². The molecule has 0 unspecified atom stereocenters. The highest BCUT2D eigenvalue weighted by atomic mass is 16.7. The van der Waals surface area contributed by atoms with Gasteiger partial charge in [0.1, 0.15) is 25.9 Å². The molecule has 23 nitrogen and oxygen atoms in total. The molecule has 0 aromatic heterocycles. The van der Waals surface area contributed by atoms with Crippen molar-refractivity contribution in [2.45, 2.75) is 83.6 Å². The average Bonchev–Trinajstić information content (AvgIpc) is 3.73. The van der Waals surface area contributed by atoms with Gasteiger partial charge in [-0.2, -0.15) is 0 Å². The third-order valence-corrected chi connectivity index (χ3v) is 9.90. The van der Waals surface area contributed by atoms with Crippen molar-refractivity contribution in [2.24, 2.45) is 0 Å². The van der Waals surface area contributed by atoms with Gasteiger partial charge in [-0.15, -0.1) is 5.06 Å². The van der Waals surface area contributed by atoms with E-state index in [0.29, 0.717) is 5.06 Å². The number of carboxylic acid groups (broad SMARTS) is 2. The number of ketones is 3. The van der Waals surface area contributed by atoms with Crippen LogP contribution >= 0.6 is 0 Å². The van der Waals surface area contributed by atoms with E-state index in [9.17, 15) is 62.6 Å². The zero-order valence-corrected chi connectivity index (χ0v) is 40.6. The number of alkyl carbamates (subject to hydrolysis) is 3. The molecule has 1 saturated heterocycles. The topological polar surface area (TPSA) is 334 Å². The fourth-order valence-corrected chi connectivity index (χ4v) is 5.96. The maximum Gasteiger partial charge on any atom is 0.407 e. The molecule has 5 rings (SSSR count). The molecular weight excluding hydrogens is 983 g/mol. The van der Waals surface area contributed by atoms with Gasteiger partial charge < -0.3 is 50.5 Å². The lowest BCUT2D eigenvalue weighted by atomic mass is 10.1. The summed E-state index contributed by atoms with van der Waals surface area (Å²) in [5, 5.41) is 27.4. The second-order valence-corrected chi connectivity index (χ2v) is 15.9. The molecule has 23 heteroatoms. The van der Waals surface area contributed by atoms with Gasteiger partial charge >= 0.3 is 36.2 Å². The maximum absolute atomic E-state index is 12.0. The normalized spacial score (nSPS) is 11.6. The van der Waals surface area contributed by atoms with Crippen LogP contribution in [-0.4, -0.2) is 112 Å². The van der Waals surface area contributed by atoms with Crippen molar-refractivity contribution in [1.82, 2.24) is 26.3 Å². The molecule has 1 aliphatic rings. The Kier molecular flexibility index (Phi) is 27.3. The Balaban J connectivity index is 0.000000304.